The highest BCUT2D eigenvalue weighted by molar-refractivity contribution is 5.94. The summed E-state index contributed by atoms with van der Waals surface area (Å²) in [7, 11) is 0. The monoisotopic (exact) mass is 300 g/mol. The lowest BCUT2D eigenvalue weighted by atomic mass is 9.86. The molecular weight excluding hydrogens is 285 g/mol. The van der Waals surface area contributed by atoms with Crippen molar-refractivity contribution in [1.82, 2.24) is 19.9 Å². The molecule has 0 saturated heterocycles. The third kappa shape index (κ3) is 3.32. The summed E-state index contributed by atoms with van der Waals surface area (Å²) in [6.07, 6.45) is -1.76. The Morgan fingerprint density at radius 1 is 1.29 bits per heavy atom. The summed E-state index contributed by atoms with van der Waals surface area (Å²) in [6.45, 7) is 4.28. The number of hydrogen-bond acceptors (Lipinski definition) is 3. The summed E-state index contributed by atoms with van der Waals surface area (Å²) in [4.78, 5) is 12.0. The topological polar surface area (TPSA) is 59.3 Å². The molecule has 0 unspecified atom stereocenters. The lowest BCUT2D eigenvalue weighted by Gasteiger charge is -2.33. The lowest BCUT2D eigenvalue weighted by molar-refractivity contribution is -0.174. The predicted octanol–water partition coefficient (Wildman–Crippen LogP) is 2.44. The molecule has 2 aromatic heterocycles. The number of alkyl halides is 3. The molecule has 1 N–H and O–H groups in total. The van der Waals surface area contributed by atoms with Crippen molar-refractivity contribution in [1.29, 1.82) is 0 Å². The zero-order valence-corrected chi connectivity index (χ0v) is 11.8. The molecule has 0 aliphatic carbocycles. The van der Waals surface area contributed by atoms with Crippen LogP contribution >= 0.6 is 0 Å². The van der Waals surface area contributed by atoms with E-state index in [4.69, 9.17) is 0 Å². The fourth-order valence-corrected chi connectivity index (χ4v) is 1.97. The molecule has 2 heterocycles. The number of carbonyl (C=O) groups is 1. The molecule has 2 aromatic rings. The number of fused-ring (bicyclic) bond motifs is 1. The second kappa shape index (κ2) is 5.01. The summed E-state index contributed by atoms with van der Waals surface area (Å²) in [5.41, 5.74) is -0.523. The number of hydrogen-bond donors (Lipinski definition) is 1. The first-order valence-corrected chi connectivity index (χ1v) is 6.26. The molecule has 1 amide bonds. The fraction of sp³-hybridized carbons (Fsp3) is 0.462. The highest BCUT2D eigenvalue weighted by atomic mass is 19.4. The van der Waals surface area contributed by atoms with Crippen molar-refractivity contribution in [2.45, 2.75) is 33.0 Å². The molecule has 8 heteroatoms. The predicted molar refractivity (Wildman–Crippen MR) is 69.8 cm³/mol. The summed E-state index contributed by atoms with van der Waals surface area (Å²) < 4.78 is 40.6. The molecule has 0 spiro atoms. The maximum atomic E-state index is 13.1. The van der Waals surface area contributed by atoms with Gasteiger partial charge in [-0.15, -0.1) is 10.2 Å². The first kappa shape index (κ1) is 15.3. The molecule has 0 radical (unpaired) electrons. The molecular formula is C13H15F3N4O. The van der Waals surface area contributed by atoms with Crippen LogP contribution in [0, 0.1) is 5.41 Å². The Balaban J connectivity index is 2.26. The number of nitrogens with zero attached hydrogens (tertiary/aromatic N) is 3. The Labute approximate surface area is 119 Å². The minimum absolute atomic E-state index is 0.112. The molecule has 0 aliphatic rings. The van der Waals surface area contributed by atoms with Crippen LogP contribution in [0.1, 0.15) is 31.1 Å². The Bertz CT molecular complexity index is 643. The molecule has 0 bridgehead atoms. The van der Waals surface area contributed by atoms with E-state index in [0.717, 1.165) is 0 Å². The average Bonchev–Trinajstić information content (AvgIpc) is 2.79. The molecule has 21 heavy (non-hydrogen) atoms. The van der Waals surface area contributed by atoms with Crippen molar-refractivity contribution in [3.63, 3.8) is 0 Å². The maximum absolute atomic E-state index is 13.1. The zero-order valence-electron chi connectivity index (χ0n) is 11.8. The smallest absolute Gasteiger partial charge is 0.340 e. The molecule has 0 aromatic carbocycles. The van der Waals surface area contributed by atoms with Crippen molar-refractivity contribution in [3.05, 3.63) is 30.2 Å². The van der Waals surface area contributed by atoms with Crippen LogP contribution in [-0.4, -0.2) is 32.7 Å². The van der Waals surface area contributed by atoms with E-state index in [2.05, 4.69) is 15.5 Å². The highest BCUT2D eigenvalue weighted by Crippen LogP contribution is 2.33. The third-order valence-electron chi connectivity index (χ3n) is 3.02. The van der Waals surface area contributed by atoms with Gasteiger partial charge in [-0.25, -0.2) is 0 Å². The Kier molecular flexibility index (Phi) is 3.65. The zero-order chi connectivity index (χ0) is 15.8. The number of carbonyl (C=O) groups excluding carboxylic acids is 1. The lowest BCUT2D eigenvalue weighted by Crippen LogP contribution is -2.53. The highest BCUT2D eigenvalue weighted by Gasteiger charge is 2.47. The molecule has 114 valence electrons. The van der Waals surface area contributed by atoms with E-state index in [1.807, 2.05) is 0 Å². The number of pyridine rings is 1. The van der Waals surface area contributed by atoms with Crippen molar-refractivity contribution in [2.24, 2.45) is 5.41 Å². The van der Waals surface area contributed by atoms with E-state index >= 15 is 0 Å². The van der Waals surface area contributed by atoms with Gasteiger partial charge in [0, 0.05) is 6.20 Å². The Morgan fingerprint density at radius 3 is 2.52 bits per heavy atom. The largest absolute Gasteiger partial charge is 0.409 e. The number of rotatable bonds is 2. The van der Waals surface area contributed by atoms with Crippen LogP contribution in [0.25, 0.3) is 5.65 Å². The van der Waals surface area contributed by atoms with Gasteiger partial charge >= 0.3 is 6.18 Å². The van der Waals surface area contributed by atoms with Gasteiger partial charge in [0.05, 0.1) is 5.56 Å². The van der Waals surface area contributed by atoms with Gasteiger partial charge in [0.25, 0.3) is 5.91 Å². The van der Waals surface area contributed by atoms with Crippen LogP contribution in [0.3, 0.4) is 0 Å². The molecule has 2 rings (SSSR count). The fourth-order valence-electron chi connectivity index (χ4n) is 1.97. The second-order valence-electron chi connectivity index (χ2n) is 5.83. The van der Waals surface area contributed by atoms with Gasteiger partial charge in [-0.3, -0.25) is 9.20 Å². The van der Waals surface area contributed by atoms with Crippen LogP contribution in [0.2, 0.25) is 0 Å². The van der Waals surface area contributed by atoms with Crippen LogP contribution in [0.4, 0.5) is 13.2 Å². The standard InChI is InChI=1S/C13H15F3N4O/c1-12(2,3)11(13(14,15)16)18-10(21)8-4-5-9-19-17-7-20(9)6-8/h4-7,11H,1-3H3,(H,18,21)/t11-/m0/s1. The third-order valence-corrected chi connectivity index (χ3v) is 3.02. The minimum Gasteiger partial charge on any atom is -0.340 e. The van der Waals surface area contributed by atoms with E-state index in [0.29, 0.717) is 5.65 Å². The Hall–Kier alpha value is -2.12. The molecule has 0 aliphatic heterocycles. The maximum Gasteiger partial charge on any atom is 0.409 e. The number of nitrogens with one attached hydrogen (secondary N) is 1. The number of aromatic nitrogens is 3. The van der Waals surface area contributed by atoms with Gasteiger partial charge in [0.15, 0.2) is 5.65 Å². The van der Waals surface area contributed by atoms with Crippen LogP contribution in [-0.2, 0) is 0 Å². The molecule has 0 fully saturated rings. The van der Waals surface area contributed by atoms with E-state index < -0.39 is 23.5 Å². The SMILES string of the molecule is CC(C)(C)[C@H](NC(=O)c1ccc2nncn2c1)C(F)(F)F. The van der Waals surface area contributed by atoms with Crippen molar-refractivity contribution in [3.8, 4) is 0 Å². The number of halogens is 3. The van der Waals surface area contributed by atoms with Gasteiger partial charge in [-0.05, 0) is 17.5 Å². The molecule has 0 saturated carbocycles. The van der Waals surface area contributed by atoms with E-state index in [9.17, 15) is 18.0 Å². The number of amides is 1. The van der Waals surface area contributed by atoms with Gasteiger partial charge in [0.2, 0.25) is 0 Å². The van der Waals surface area contributed by atoms with Crippen molar-refractivity contribution in [2.75, 3.05) is 0 Å². The van der Waals surface area contributed by atoms with Gasteiger partial charge in [-0.1, -0.05) is 20.8 Å². The minimum atomic E-state index is -4.52. The molecule has 5 nitrogen and oxygen atoms in total. The average molecular weight is 300 g/mol. The second-order valence-corrected chi connectivity index (χ2v) is 5.83. The molecule has 1 atom stereocenters. The van der Waals surface area contributed by atoms with Gasteiger partial charge < -0.3 is 5.32 Å². The summed E-state index contributed by atoms with van der Waals surface area (Å²) in [5.74, 6) is -0.789. The van der Waals surface area contributed by atoms with Gasteiger partial charge in [-0.2, -0.15) is 13.2 Å². The first-order chi connectivity index (χ1) is 9.59. The van der Waals surface area contributed by atoms with Crippen LogP contribution in [0.15, 0.2) is 24.7 Å². The van der Waals surface area contributed by atoms with Crippen molar-refractivity contribution < 1.29 is 18.0 Å². The van der Waals surface area contributed by atoms with Gasteiger partial charge in [0.1, 0.15) is 12.4 Å². The quantitative estimate of drug-likeness (QED) is 0.926. The summed E-state index contributed by atoms with van der Waals surface area (Å²) in [6, 6.07) is 0.992. The summed E-state index contributed by atoms with van der Waals surface area (Å²) >= 11 is 0. The van der Waals surface area contributed by atoms with Crippen molar-refractivity contribution >= 4 is 11.6 Å². The van der Waals surface area contributed by atoms with Crippen LogP contribution < -0.4 is 5.32 Å². The van der Waals surface area contributed by atoms with E-state index in [-0.39, 0.29) is 5.56 Å². The summed E-state index contributed by atoms with van der Waals surface area (Å²) in [5, 5.41) is 9.45. The van der Waals surface area contributed by atoms with E-state index in [1.54, 1.807) is 0 Å². The first-order valence-electron chi connectivity index (χ1n) is 6.26. The van der Waals surface area contributed by atoms with Crippen LogP contribution in [0.5, 0.6) is 0 Å². The van der Waals surface area contributed by atoms with E-state index in [1.165, 1.54) is 49.8 Å². The normalized spacial score (nSPS) is 14.2. The Morgan fingerprint density at radius 2 is 1.95 bits per heavy atom.